The maximum atomic E-state index is 11.6. The van der Waals surface area contributed by atoms with Crippen LogP contribution in [0.15, 0.2) is 0 Å². The van der Waals surface area contributed by atoms with Crippen LogP contribution in [-0.2, 0) is 11.2 Å². The normalized spacial score (nSPS) is 11.9. The Morgan fingerprint density at radius 1 is 1.45 bits per heavy atom. The number of nitrogen functional groups attached to an aromatic ring is 1. The number of rotatable bonds is 6. The molecule has 0 saturated carbocycles. The van der Waals surface area contributed by atoms with E-state index in [1.165, 1.54) is 0 Å². The molecule has 1 aromatic heterocycles. The molecule has 0 aliphatic heterocycles. The van der Waals surface area contributed by atoms with Gasteiger partial charge in [-0.05, 0) is 6.92 Å². The molecule has 0 bridgehead atoms. The van der Waals surface area contributed by atoms with Gasteiger partial charge in [0.25, 0.3) is 0 Å². The number of aromatic nitrogens is 2. The first kappa shape index (κ1) is 16.2. The van der Waals surface area contributed by atoms with Crippen molar-refractivity contribution in [3.05, 3.63) is 11.4 Å². The predicted octanol–water partition coefficient (Wildman–Crippen LogP) is 0.451. The largest absolute Gasteiger partial charge is 0.359 e. The number of nitrogens with one attached hydrogen (secondary N) is 2. The molecule has 4 N–H and O–H groups in total. The van der Waals surface area contributed by atoms with Crippen molar-refractivity contribution >= 4 is 17.5 Å². The van der Waals surface area contributed by atoms with Gasteiger partial charge in [0.2, 0.25) is 5.91 Å². The molecule has 0 aliphatic rings. The van der Waals surface area contributed by atoms with Gasteiger partial charge in [-0.2, -0.15) is 0 Å². The summed E-state index contributed by atoms with van der Waals surface area (Å²) in [4.78, 5) is 22.4. The molecule has 1 heterocycles. The standard InChI is InChI=1S/C13H24N6O/c1-6-10-16-11(18-14)9(3)12(17-10)19(5)7-8(2)13(20)15-4/h8H,6-7,14H2,1-5H3,(H,15,20)(H,16,17,18). The maximum absolute atomic E-state index is 11.6. The van der Waals surface area contributed by atoms with Gasteiger partial charge in [0, 0.05) is 32.6 Å². The van der Waals surface area contributed by atoms with E-state index < -0.39 is 0 Å². The molecule has 1 unspecified atom stereocenters. The van der Waals surface area contributed by atoms with Gasteiger partial charge >= 0.3 is 0 Å². The summed E-state index contributed by atoms with van der Waals surface area (Å²) < 4.78 is 0. The fraction of sp³-hybridized carbons (Fsp3) is 0.615. The molecule has 0 aliphatic carbocycles. The molecule has 0 fully saturated rings. The lowest BCUT2D eigenvalue weighted by Crippen LogP contribution is -2.35. The number of nitrogens with two attached hydrogens (primary N) is 1. The molecular weight excluding hydrogens is 256 g/mol. The minimum Gasteiger partial charge on any atom is -0.359 e. The van der Waals surface area contributed by atoms with E-state index in [-0.39, 0.29) is 11.8 Å². The van der Waals surface area contributed by atoms with Gasteiger partial charge < -0.3 is 15.6 Å². The lowest BCUT2D eigenvalue weighted by atomic mass is 10.1. The Morgan fingerprint density at radius 3 is 2.60 bits per heavy atom. The molecule has 0 saturated heterocycles. The van der Waals surface area contributed by atoms with E-state index in [2.05, 4.69) is 20.7 Å². The van der Waals surface area contributed by atoms with Crippen LogP contribution in [0.25, 0.3) is 0 Å². The summed E-state index contributed by atoms with van der Waals surface area (Å²) in [7, 11) is 3.55. The lowest BCUT2D eigenvalue weighted by Gasteiger charge is -2.24. The van der Waals surface area contributed by atoms with E-state index in [1.54, 1.807) is 7.05 Å². The third kappa shape index (κ3) is 3.57. The molecule has 7 heteroatoms. The summed E-state index contributed by atoms with van der Waals surface area (Å²) in [6.07, 6.45) is 0.723. The van der Waals surface area contributed by atoms with E-state index in [1.807, 2.05) is 32.7 Å². The molecule has 1 rings (SSSR count). The van der Waals surface area contributed by atoms with Crippen LogP contribution in [0.2, 0.25) is 0 Å². The second-order valence-corrected chi connectivity index (χ2v) is 4.83. The highest BCUT2D eigenvalue weighted by atomic mass is 16.1. The van der Waals surface area contributed by atoms with Crippen LogP contribution >= 0.6 is 0 Å². The Hall–Kier alpha value is -1.89. The molecular formula is C13H24N6O. The van der Waals surface area contributed by atoms with Crippen LogP contribution in [0.5, 0.6) is 0 Å². The van der Waals surface area contributed by atoms with E-state index in [4.69, 9.17) is 5.84 Å². The van der Waals surface area contributed by atoms with Gasteiger partial charge in [-0.1, -0.05) is 13.8 Å². The van der Waals surface area contributed by atoms with Gasteiger partial charge in [0.15, 0.2) is 0 Å². The smallest absolute Gasteiger partial charge is 0.224 e. The lowest BCUT2D eigenvalue weighted by molar-refractivity contribution is -0.123. The Balaban J connectivity index is 3.02. The van der Waals surface area contributed by atoms with E-state index in [0.29, 0.717) is 12.4 Å². The van der Waals surface area contributed by atoms with Gasteiger partial charge in [-0.3, -0.25) is 4.79 Å². The van der Waals surface area contributed by atoms with Crippen molar-refractivity contribution in [2.45, 2.75) is 27.2 Å². The van der Waals surface area contributed by atoms with Gasteiger partial charge in [0.05, 0.1) is 5.92 Å². The van der Waals surface area contributed by atoms with Crippen LogP contribution in [0, 0.1) is 12.8 Å². The van der Waals surface area contributed by atoms with Crippen molar-refractivity contribution in [1.29, 1.82) is 0 Å². The number of nitrogens with zero attached hydrogens (tertiary/aromatic N) is 3. The monoisotopic (exact) mass is 280 g/mol. The van der Waals surface area contributed by atoms with E-state index in [9.17, 15) is 4.79 Å². The fourth-order valence-corrected chi connectivity index (χ4v) is 2.05. The van der Waals surface area contributed by atoms with Crippen LogP contribution < -0.4 is 21.5 Å². The first-order valence-corrected chi connectivity index (χ1v) is 6.71. The predicted molar refractivity (Wildman–Crippen MR) is 80.5 cm³/mol. The Bertz CT molecular complexity index is 476. The molecule has 20 heavy (non-hydrogen) atoms. The van der Waals surface area contributed by atoms with Crippen LogP contribution in [0.1, 0.15) is 25.2 Å². The molecule has 1 aromatic rings. The third-order valence-corrected chi connectivity index (χ3v) is 3.22. The van der Waals surface area contributed by atoms with Crippen molar-refractivity contribution in [1.82, 2.24) is 15.3 Å². The Kier molecular flexibility index (Phi) is 5.69. The van der Waals surface area contributed by atoms with Crippen LogP contribution in [0.4, 0.5) is 11.6 Å². The molecule has 1 atom stereocenters. The van der Waals surface area contributed by atoms with Crippen molar-refractivity contribution in [3.8, 4) is 0 Å². The highest BCUT2D eigenvalue weighted by Gasteiger charge is 2.18. The topological polar surface area (TPSA) is 96.2 Å². The average Bonchev–Trinajstić information content (AvgIpc) is 2.46. The number of hydrogen-bond donors (Lipinski definition) is 3. The number of amides is 1. The third-order valence-electron chi connectivity index (χ3n) is 3.22. The molecule has 7 nitrogen and oxygen atoms in total. The zero-order chi connectivity index (χ0) is 15.3. The second kappa shape index (κ2) is 7.04. The number of hydrogen-bond acceptors (Lipinski definition) is 6. The summed E-state index contributed by atoms with van der Waals surface area (Å²) in [6, 6.07) is 0. The van der Waals surface area contributed by atoms with E-state index >= 15 is 0 Å². The molecule has 0 spiro atoms. The molecule has 0 aromatic carbocycles. The summed E-state index contributed by atoms with van der Waals surface area (Å²) in [6.45, 7) is 6.35. The second-order valence-electron chi connectivity index (χ2n) is 4.83. The van der Waals surface area contributed by atoms with Gasteiger partial charge in [-0.15, -0.1) is 0 Å². The number of carbonyl (C=O) groups excluding carboxylic acids is 1. The SMILES string of the molecule is CCc1nc(NN)c(C)c(N(C)CC(C)C(=O)NC)n1. The van der Waals surface area contributed by atoms with Crippen molar-refractivity contribution in [2.24, 2.45) is 11.8 Å². The zero-order valence-corrected chi connectivity index (χ0v) is 12.8. The maximum Gasteiger partial charge on any atom is 0.224 e. The number of aryl methyl sites for hydroxylation is 1. The first-order valence-electron chi connectivity index (χ1n) is 6.71. The minimum atomic E-state index is -0.126. The first-order chi connectivity index (χ1) is 9.44. The van der Waals surface area contributed by atoms with Crippen molar-refractivity contribution in [2.75, 3.05) is 31.0 Å². The summed E-state index contributed by atoms with van der Waals surface area (Å²) in [5.41, 5.74) is 3.47. The number of carbonyl (C=O) groups is 1. The van der Waals surface area contributed by atoms with Crippen molar-refractivity contribution < 1.29 is 4.79 Å². The van der Waals surface area contributed by atoms with Crippen molar-refractivity contribution in [3.63, 3.8) is 0 Å². The average molecular weight is 280 g/mol. The summed E-state index contributed by atoms with van der Waals surface area (Å²) in [5.74, 6) is 7.51. The quantitative estimate of drug-likeness (QED) is 0.517. The highest BCUT2D eigenvalue weighted by Crippen LogP contribution is 2.23. The molecule has 0 radical (unpaired) electrons. The summed E-state index contributed by atoms with van der Waals surface area (Å²) in [5, 5.41) is 2.65. The zero-order valence-electron chi connectivity index (χ0n) is 12.8. The number of anilines is 2. The van der Waals surface area contributed by atoms with Crippen LogP contribution in [0.3, 0.4) is 0 Å². The Morgan fingerprint density at radius 2 is 2.10 bits per heavy atom. The minimum absolute atomic E-state index is 0.0106. The van der Waals surface area contributed by atoms with Gasteiger partial charge in [-0.25, -0.2) is 15.8 Å². The molecule has 112 valence electrons. The fourth-order valence-electron chi connectivity index (χ4n) is 2.05. The van der Waals surface area contributed by atoms with Crippen LogP contribution in [-0.4, -0.2) is 36.5 Å². The summed E-state index contributed by atoms with van der Waals surface area (Å²) >= 11 is 0. The number of hydrazine groups is 1. The van der Waals surface area contributed by atoms with Gasteiger partial charge in [0.1, 0.15) is 17.5 Å². The highest BCUT2D eigenvalue weighted by molar-refractivity contribution is 5.78. The molecule has 1 amide bonds. The Labute approximate surface area is 119 Å². The van der Waals surface area contributed by atoms with E-state index in [0.717, 1.165) is 23.6 Å².